The predicted octanol–water partition coefficient (Wildman–Crippen LogP) is 9.75. The van der Waals surface area contributed by atoms with Crippen LogP contribution in [0.4, 0.5) is 0 Å². The Morgan fingerprint density at radius 1 is 0.968 bits per heavy atom. The SMILES string of the molecule is COc1cc2c(cc1-c1c(C)coc1C)ncc1c2n(C(C)c2ccccn2)c(=O)n1CC(=O)CCCC(=O)CC1N=C(c2ccc(Cl)cc2)c2c(sc(C)c2C)-n2c(C)nnc21. The first-order valence-electron chi connectivity index (χ1n) is 20.8. The number of aliphatic imine (C=N–C) groups is 1. The molecule has 0 spiro atoms. The molecule has 0 saturated carbocycles. The average molecular weight is 881 g/mol. The molecule has 9 rings (SSSR count). The fourth-order valence-electron chi connectivity index (χ4n) is 8.77. The number of methoxy groups -OCH3 is 1. The monoisotopic (exact) mass is 880 g/mol. The number of nitrogens with zero attached hydrogens (tertiary/aromatic N) is 8. The topological polar surface area (TPSA) is 152 Å². The molecule has 0 saturated heterocycles. The van der Waals surface area contributed by atoms with Gasteiger partial charge in [-0.05, 0) is 95.5 Å². The number of halogens is 1. The molecule has 2 aromatic carbocycles. The molecule has 2 atom stereocenters. The molecule has 7 heterocycles. The van der Waals surface area contributed by atoms with Crippen LogP contribution in [0.2, 0.25) is 5.02 Å². The van der Waals surface area contributed by atoms with Crippen molar-refractivity contribution in [2.24, 2.45) is 4.99 Å². The lowest BCUT2D eigenvalue weighted by atomic mass is 9.99. The van der Waals surface area contributed by atoms with Crippen molar-refractivity contribution in [2.45, 2.75) is 85.9 Å². The lowest BCUT2D eigenvalue weighted by molar-refractivity contribution is -0.120. The Labute approximate surface area is 372 Å². The van der Waals surface area contributed by atoms with Gasteiger partial charge in [0.1, 0.15) is 34.2 Å². The van der Waals surface area contributed by atoms with Crippen molar-refractivity contribution >= 4 is 62.2 Å². The summed E-state index contributed by atoms with van der Waals surface area (Å²) >= 11 is 7.93. The number of aryl methyl sites for hydroxylation is 4. The van der Waals surface area contributed by atoms with Gasteiger partial charge in [-0.2, -0.15) is 0 Å². The van der Waals surface area contributed by atoms with Gasteiger partial charge in [0.25, 0.3) is 0 Å². The number of ether oxygens (including phenoxy) is 1. The van der Waals surface area contributed by atoms with Crippen LogP contribution in [0.5, 0.6) is 5.75 Å². The van der Waals surface area contributed by atoms with Crippen molar-refractivity contribution in [2.75, 3.05) is 7.11 Å². The number of furan rings is 1. The second-order valence-corrected chi connectivity index (χ2v) is 17.8. The van der Waals surface area contributed by atoms with Crippen LogP contribution >= 0.6 is 22.9 Å². The average Bonchev–Trinajstić information content (AvgIpc) is 3.97. The zero-order valence-corrected chi connectivity index (χ0v) is 37.6. The molecule has 0 N–H and O–H groups in total. The number of hydrogen-bond acceptors (Lipinski definition) is 11. The highest BCUT2D eigenvalue weighted by atomic mass is 35.5. The molecule has 2 unspecified atom stereocenters. The van der Waals surface area contributed by atoms with Crippen LogP contribution in [0.25, 0.3) is 38.1 Å². The molecule has 0 fully saturated rings. The van der Waals surface area contributed by atoms with Crippen LogP contribution in [0, 0.1) is 34.6 Å². The van der Waals surface area contributed by atoms with Crippen LogP contribution in [0.15, 0.2) is 87.5 Å². The Bertz CT molecular complexity index is 3170. The summed E-state index contributed by atoms with van der Waals surface area (Å²) in [4.78, 5) is 58.0. The predicted molar refractivity (Wildman–Crippen MR) is 245 cm³/mol. The molecule has 0 radical (unpaired) electrons. The summed E-state index contributed by atoms with van der Waals surface area (Å²) < 4.78 is 16.8. The second kappa shape index (κ2) is 16.6. The van der Waals surface area contributed by atoms with E-state index in [-0.39, 0.29) is 43.1 Å². The minimum atomic E-state index is -0.602. The maximum absolute atomic E-state index is 14.6. The third-order valence-electron chi connectivity index (χ3n) is 12.1. The van der Waals surface area contributed by atoms with E-state index in [4.69, 9.17) is 30.7 Å². The first-order chi connectivity index (χ1) is 30.3. The van der Waals surface area contributed by atoms with E-state index in [0.29, 0.717) is 56.5 Å². The summed E-state index contributed by atoms with van der Waals surface area (Å²) in [6.45, 7) is 11.7. The van der Waals surface area contributed by atoms with Crippen molar-refractivity contribution in [1.82, 2.24) is 33.9 Å². The molecule has 15 heteroatoms. The van der Waals surface area contributed by atoms with Crippen molar-refractivity contribution in [3.05, 3.63) is 139 Å². The summed E-state index contributed by atoms with van der Waals surface area (Å²) in [5.74, 6) is 2.41. The molecule has 13 nitrogen and oxygen atoms in total. The molecule has 0 amide bonds. The number of hydrogen-bond donors (Lipinski definition) is 0. The van der Waals surface area contributed by atoms with E-state index >= 15 is 0 Å². The highest BCUT2D eigenvalue weighted by Gasteiger charge is 2.33. The van der Waals surface area contributed by atoms with Gasteiger partial charge in [0, 0.05) is 63.0 Å². The third kappa shape index (κ3) is 7.40. The molecular formula is C48H45ClN8O5S. The minimum absolute atomic E-state index is 0.0554. The number of pyridine rings is 2. The molecule has 8 aromatic rings. The number of ketones is 2. The summed E-state index contributed by atoms with van der Waals surface area (Å²) in [6, 6.07) is 15.9. The van der Waals surface area contributed by atoms with Gasteiger partial charge < -0.3 is 9.15 Å². The van der Waals surface area contributed by atoms with Gasteiger partial charge in [-0.3, -0.25) is 38.3 Å². The number of benzene rings is 2. The molecular weight excluding hydrogens is 836 g/mol. The van der Waals surface area contributed by atoms with Gasteiger partial charge in [0.2, 0.25) is 0 Å². The Morgan fingerprint density at radius 3 is 2.46 bits per heavy atom. The second-order valence-electron chi connectivity index (χ2n) is 16.1. The largest absolute Gasteiger partial charge is 0.496 e. The van der Waals surface area contributed by atoms with Crippen LogP contribution in [0.3, 0.4) is 0 Å². The molecule has 1 aliphatic heterocycles. The van der Waals surface area contributed by atoms with E-state index in [1.165, 1.54) is 4.57 Å². The molecule has 0 aliphatic carbocycles. The van der Waals surface area contributed by atoms with Gasteiger partial charge in [-0.1, -0.05) is 29.8 Å². The van der Waals surface area contributed by atoms with E-state index in [2.05, 4.69) is 29.0 Å². The van der Waals surface area contributed by atoms with E-state index < -0.39 is 12.1 Å². The first-order valence-corrected chi connectivity index (χ1v) is 22.0. The maximum Gasteiger partial charge on any atom is 0.330 e. The Hall–Kier alpha value is -6.51. The maximum atomic E-state index is 14.6. The normalized spacial score (nSPS) is 14.1. The number of Topliss-reactive ketones (excluding diaryl/α,β-unsaturated/α-hetero) is 2. The van der Waals surface area contributed by atoms with Crippen LogP contribution < -0.4 is 10.4 Å². The highest BCUT2D eigenvalue weighted by Crippen LogP contribution is 2.42. The zero-order valence-electron chi connectivity index (χ0n) is 36.0. The first kappa shape index (κ1) is 41.8. The fraction of sp³-hybridized carbons (Fsp3) is 0.292. The summed E-state index contributed by atoms with van der Waals surface area (Å²) in [7, 11) is 1.61. The Morgan fingerprint density at radius 2 is 1.75 bits per heavy atom. The fourth-order valence-corrected chi connectivity index (χ4v) is 10.1. The van der Waals surface area contributed by atoms with Crippen LogP contribution in [0.1, 0.15) is 94.9 Å². The van der Waals surface area contributed by atoms with Crippen molar-refractivity contribution < 1.29 is 18.7 Å². The summed E-state index contributed by atoms with van der Waals surface area (Å²) in [6.07, 6.45) is 5.69. The molecule has 63 heavy (non-hydrogen) atoms. The third-order valence-corrected chi connectivity index (χ3v) is 13.5. The van der Waals surface area contributed by atoms with E-state index in [0.717, 1.165) is 54.7 Å². The van der Waals surface area contributed by atoms with Gasteiger partial charge in [-0.15, -0.1) is 21.5 Å². The van der Waals surface area contributed by atoms with Crippen molar-refractivity contribution in [3.8, 4) is 21.9 Å². The van der Waals surface area contributed by atoms with Gasteiger partial charge in [0.15, 0.2) is 11.6 Å². The number of rotatable bonds is 13. The number of fused-ring (bicyclic) bond motifs is 6. The zero-order chi connectivity index (χ0) is 44.3. The Kier molecular flexibility index (Phi) is 11.1. The lowest BCUT2D eigenvalue weighted by Crippen LogP contribution is -2.29. The molecule has 1 aliphatic rings. The highest BCUT2D eigenvalue weighted by molar-refractivity contribution is 7.15. The number of carbonyl (C=O) groups is 2. The van der Waals surface area contributed by atoms with E-state index in [9.17, 15) is 14.4 Å². The minimum Gasteiger partial charge on any atom is -0.496 e. The van der Waals surface area contributed by atoms with Crippen LogP contribution in [-0.4, -0.2) is 58.3 Å². The summed E-state index contributed by atoms with van der Waals surface area (Å²) in [5.41, 5.74) is 8.54. The van der Waals surface area contributed by atoms with Crippen LogP contribution in [-0.2, 0) is 16.1 Å². The summed E-state index contributed by atoms with van der Waals surface area (Å²) in [5, 5.41) is 11.2. The number of carbonyl (C=O) groups excluding carboxylic acids is 2. The molecule has 6 aromatic heterocycles. The van der Waals surface area contributed by atoms with Crippen molar-refractivity contribution in [3.63, 3.8) is 0 Å². The number of thiophene rings is 1. The molecule has 320 valence electrons. The van der Waals surface area contributed by atoms with Crippen molar-refractivity contribution in [1.29, 1.82) is 0 Å². The van der Waals surface area contributed by atoms with Gasteiger partial charge in [-0.25, -0.2) is 4.79 Å². The van der Waals surface area contributed by atoms with E-state index in [1.807, 2.05) is 86.9 Å². The number of imidazole rings is 1. The lowest BCUT2D eigenvalue weighted by Gasteiger charge is -2.15. The number of aromatic nitrogens is 7. The standard InChI is InChI=1S/C48H45ClN8O5S/c1-25-24-62-28(4)42(25)36-20-38-35(21-41(36)61-7)45-40(22-51-38)55(48(60)56(45)27(3)37-13-8-9-18-50-37)23-34(59)12-10-11-33(58)19-39-46-54-53-30(6)57(46)47-43(26(2)29(5)63-47)44(52-39)31-14-16-32(49)17-15-31/h8-9,13-18,20-22,24,27,39H,10-12,19,23H2,1-7H3. The molecule has 0 bridgehead atoms. The van der Waals surface area contributed by atoms with Gasteiger partial charge >= 0.3 is 5.69 Å². The van der Waals surface area contributed by atoms with E-state index in [1.54, 1.807) is 41.7 Å². The Balaban J connectivity index is 0.993. The quantitative estimate of drug-likeness (QED) is 0.110. The smallest absolute Gasteiger partial charge is 0.330 e. The van der Waals surface area contributed by atoms with Gasteiger partial charge in [0.05, 0.1) is 60.1 Å².